The summed E-state index contributed by atoms with van der Waals surface area (Å²) in [5.41, 5.74) is -0.908. The predicted octanol–water partition coefficient (Wildman–Crippen LogP) is 4.23. The second-order valence-electron chi connectivity index (χ2n) is 4.68. The number of hydrogen-bond donors (Lipinski definition) is 1. The number of carboxylic acid groups (broad SMARTS) is 1. The van der Waals surface area contributed by atoms with Crippen molar-refractivity contribution in [2.24, 2.45) is 0 Å². The Labute approximate surface area is 129 Å². The van der Waals surface area contributed by atoms with Gasteiger partial charge in [0, 0.05) is 0 Å². The third-order valence-corrected chi connectivity index (χ3v) is 5.65. The Kier molecular flexibility index (Phi) is 5.35. The van der Waals surface area contributed by atoms with Gasteiger partial charge in [-0.1, -0.05) is 42.5 Å². The average molecular weight is 322 g/mol. The summed E-state index contributed by atoms with van der Waals surface area (Å²) in [7, 11) is -3.81. The molecule has 0 aliphatic rings. The molecular weight excluding hydrogens is 303 g/mol. The molecule has 2 rings (SSSR count). The number of fused-ring (bicyclic) bond motifs is 1. The third-order valence-electron chi connectivity index (χ3n) is 3.29. The molecule has 2 aromatic rings. The molecule has 6 heteroatoms. The summed E-state index contributed by atoms with van der Waals surface area (Å²) in [4.78, 5) is 11.8. The number of benzene rings is 2. The van der Waals surface area contributed by atoms with Crippen molar-refractivity contribution in [3.63, 3.8) is 0 Å². The molecule has 0 aliphatic heterocycles. The zero-order chi connectivity index (χ0) is 16.2. The Bertz CT molecular complexity index is 697. The van der Waals surface area contributed by atoms with E-state index in [9.17, 15) is 14.5 Å². The zero-order valence-corrected chi connectivity index (χ0v) is 13.5. The summed E-state index contributed by atoms with van der Waals surface area (Å²) in [6.45, 7) is 3.55. The van der Waals surface area contributed by atoms with Crippen molar-refractivity contribution in [2.75, 3.05) is 13.2 Å². The van der Waals surface area contributed by atoms with Crippen LogP contribution in [0.15, 0.2) is 42.5 Å². The third kappa shape index (κ3) is 3.22. The van der Waals surface area contributed by atoms with Crippen LogP contribution >= 0.6 is 7.60 Å². The van der Waals surface area contributed by atoms with Crippen LogP contribution in [0.25, 0.3) is 10.8 Å². The van der Waals surface area contributed by atoms with E-state index in [-0.39, 0.29) is 13.2 Å². The van der Waals surface area contributed by atoms with Gasteiger partial charge in [-0.3, -0.25) is 9.36 Å². The lowest BCUT2D eigenvalue weighted by Gasteiger charge is -2.24. The van der Waals surface area contributed by atoms with Crippen molar-refractivity contribution in [3.05, 3.63) is 48.0 Å². The Hall–Kier alpha value is -1.68. The summed E-state index contributed by atoms with van der Waals surface area (Å²) >= 11 is 0. The molecule has 118 valence electrons. The first-order chi connectivity index (χ1) is 10.5. The van der Waals surface area contributed by atoms with E-state index in [4.69, 9.17) is 9.05 Å². The van der Waals surface area contributed by atoms with E-state index in [1.807, 2.05) is 30.3 Å². The van der Waals surface area contributed by atoms with Crippen molar-refractivity contribution < 1.29 is 23.5 Å². The number of carboxylic acids is 1. The second kappa shape index (κ2) is 7.05. The van der Waals surface area contributed by atoms with Gasteiger partial charge in [0.25, 0.3) is 0 Å². The van der Waals surface area contributed by atoms with Crippen LogP contribution in [0.1, 0.15) is 25.1 Å². The Morgan fingerprint density at radius 3 is 2.27 bits per heavy atom. The van der Waals surface area contributed by atoms with Gasteiger partial charge in [-0.2, -0.15) is 0 Å². The highest BCUT2D eigenvalue weighted by Gasteiger charge is 2.43. The fourth-order valence-corrected chi connectivity index (χ4v) is 4.40. The molecule has 5 nitrogen and oxygen atoms in total. The largest absolute Gasteiger partial charge is 0.480 e. The fourth-order valence-electron chi connectivity index (χ4n) is 2.47. The fraction of sp³-hybridized carbons (Fsp3) is 0.312. The Balaban J connectivity index is 2.64. The molecule has 22 heavy (non-hydrogen) atoms. The van der Waals surface area contributed by atoms with Gasteiger partial charge < -0.3 is 14.2 Å². The summed E-state index contributed by atoms with van der Waals surface area (Å²) in [5, 5.41) is 11.3. The lowest BCUT2D eigenvalue weighted by atomic mass is 10.0. The Morgan fingerprint density at radius 1 is 1.09 bits per heavy atom. The molecule has 0 saturated carbocycles. The van der Waals surface area contributed by atoms with Crippen molar-refractivity contribution in [1.29, 1.82) is 0 Å². The van der Waals surface area contributed by atoms with Gasteiger partial charge in [0.15, 0.2) is 5.66 Å². The second-order valence-corrected chi connectivity index (χ2v) is 6.80. The van der Waals surface area contributed by atoms with Crippen LogP contribution in [0.5, 0.6) is 0 Å². The topological polar surface area (TPSA) is 72.8 Å². The normalized spacial score (nSPS) is 13.2. The summed E-state index contributed by atoms with van der Waals surface area (Å²) in [5.74, 6) is -1.22. The highest BCUT2D eigenvalue weighted by atomic mass is 31.2. The summed E-state index contributed by atoms with van der Waals surface area (Å²) in [6, 6.07) is 12.7. The van der Waals surface area contributed by atoms with Crippen LogP contribution < -0.4 is 0 Å². The van der Waals surface area contributed by atoms with Crippen LogP contribution in [-0.4, -0.2) is 24.3 Å². The van der Waals surface area contributed by atoms with Gasteiger partial charge in [-0.15, -0.1) is 0 Å². The minimum absolute atomic E-state index is 0.117. The monoisotopic (exact) mass is 322 g/mol. The van der Waals surface area contributed by atoms with Gasteiger partial charge in [0.1, 0.15) is 0 Å². The molecule has 0 fully saturated rings. The number of carbonyl (C=O) groups is 1. The lowest BCUT2D eigenvalue weighted by Crippen LogP contribution is -2.16. The maximum absolute atomic E-state index is 13.0. The molecule has 1 unspecified atom stereocenters. The van der Waals surface area contributed by atoms with Crippen molar-refractivity contribution in [3.8, 4) is 0 Å². The molecule has 0 heterocycles. The number of rotatable bonds is 7. The summed E-state index contributed by atoms with van der Waals surface area (Å²) in [6.07, 6.45) is 0. The van der Waals surface area contributed by atoms with Crippen LogP contribution in [-0.2, 0) is 18.4 Å². The van der Waals surface area contributed by atoms with E-state index >= 15 is 0 Å². The smallest absolute Gasteiger partial charge is 0.349 e. The average Bonchev–Trinajstić information content (AvgIpc) is 2.47. The zero-order valence-electron chi connectivity index (χ0n) is 12.6. The molecule has 0 amide bonds. The first-order valence-corrected chi connectivity index (χ1v) is 8.74. The van der Waals surface area contributed by atoms with Crippen LogP contribution in [0.3, 0.4) is 0 Å². The molecular formula is C16H19O5P. The molecule has 0 saturated heterocycles. The van der Waals surface area contributed by atoms with Gasteiger partial charge >= 0.3 is 13.6 Å². The SMILES string of the molecule is CCOP(=O)(OCC)C(C(=O)O)c1cccc2ccccc12. The maximum atomic E-state index is 13.0. The predicted molar refractivity (Wildman–Crippen MR) is 85.2 cm³/mol. The molecule has 1 atom stereocenters. The highest BCUT2D eigenvalue weighted by molar-refractivity contribution is 7.55. The first-order valence-electron chi connectivity index (χ1n) is 7.12. The van der Waals surface area contributed by atoms with Gasteiger partial charge in [0.2, 0.25) is 0 Å². The molecule has 2 aromatic carbocycles. The first kappa shape index (κ1) is 16.7. The van der Waals surface area contributed by atoms with Crippen LogP contribution in [0.4, 0.5) is 0 Å². The van der Waals surface area contributed by atoms with E-state index in [2.05, 4.69) is 0 Å². The van der Waals surface area contributed by atoms with Gasteiger partial charge in [-0.25, -0.2) is 0 Å². The molecule has 0 radical (unpaired) electrons. The molecule has 0 aliphatic carbocycles. The highest BCUT2D eigenvalue weighted by Crippen LogP contribution is 2.61. The minimum Gasteiger partial charge on any atom is -0.480 e. The van der Waals surface area contributed by atoms with Crippen molar-refractivity contribution >= 4 is 24.3 Å². The molecule has 0 aromatic heterocycles. The maximum Gasteiger partial charge on any atom is 0.349 e. The minimum atomic E-state index is -3.81. The van der Waals surface area contributed by atoms with Crippen LogP contribution in [0.2, 0.25) is 0 Å². The van der Waals surface area contributed by atoms with Gasteiger partial charge in [-0.05, 0) is 30.2 Å². The van der Waals surface area contributed by atoms with E-state index in [0.717, 1.165) is 10.8 Å². The van der Waals surface area contributed by atoms with Crippen molar-refractivity contribution in [1.82, 2.24) is 0 Å². The van der Waals surface area contributed by atoms with Gasteiger partial charge in [0.05, 0.1) is 13.2 Å². The van der Waals surface area contributed by atoms with Crippen LogP contribution in [0, 0.1) is 0 Å². The summed E-state index contributed by atoms with van der Waals surface area (Å²) < 4.78 is 23.5. The van der Waals surface area contributed by atoms with E-state index in [1.54, 1.807) is 26.0 Å². The Morgan fingerprint density at radius 2 is 1.68 bits per heavy atom. The molecule has 1 N–H and O–H groups in total. The molecule has 0 bridgehead atoms. The molecule has 0 spiro atoms. The quantitative estimate of drug-likeness (QED) is 0.772. The van der Waals surface area contributed by atoms with E-state index < -0.39 is 19.2 Å². The van der Waals surface area contributed by atoms with E-state index in [1.165, 1.54) is 0 Å². The van der Waals surface area contributed by atoms with E-state index in [0.29, 0.717) is 5.56 Å². The van der Waals surface area contributed by atoms with Crippen molar-refractivity contribution in [2.45, 2.75) is 19.5 Å². The number of aliphatic carboxylic acids is 1. The number of hydrogen-bond acceptors (Lipinski definition) is 4. The standard InChI is InChI=1S/C16H19O5P/c1-3-20-22(19,21-4-2)15(16(17)18)14-11-7-9-12-8-5-6-10-13(12)14/h5-11,15H,3-4H2,1-2H3,(H,17,18). The lowest BCUT2D eigenvalue weighted by molar-refractivity contribution is -0.137.